The molecular formula is C19H12F2N2O2. The molecule has 0 saturated carbocycles. The van der Waals surface area contributed by atoms with E-state index in [9.17, 15) is 23.6 Å². The molecule has 0 aliphatic rings. The van der Waals surface area contributed by atoms with E-state index in [0.717, 1.165) is 12.1 Å². The maximum atomic E-state index is 13.4. The van der Waals surface area contributed by atoms with E-state index >= 15 is 0 Å². The molecule has 0 saturated heterocycles. The Morgan fingerprint density at radius 1 is 1.08 bits per heavy atom. The van der Waals surface area contributed by atoms with Gasteiger partial charge in [-0.25, -0.2) is 8.78 Å². The van der Waals surface area contributed by atoms with Gasteiger partial charge in [0.25, 0.3) is 0 Å². The second-order valence-electron chi connectivity index (χ2n) is 5.59. The molecule has 2 aromatic carbocycles. The number of rotatable bonds is 4. The average molecular weight is 338 g/mol. The highest BCUT2D eigenvalue weighted by molar-refractivity contribution is 6.22. The van der Waals surface area contributed by atoms with Gasteiger partial charge < -0.3 is 4.98 Å². The number of H-pyrrole nitrogens is 1. The molecule has 1 heterocycles. The number of nitrogens with zero attached hydrogens (tertiary/aromatic N) is 1. The fraction of sp³-hybridized carbons (Fsp3) is 0.105. The van der Waals surface area contributed by atoms with Crippen molar-refractivity contribution in [1.29, 1.82) is 5.26 Å². The van der Waals surface area contributed by atoms with Crippen molar-refractivity contribution in [2.24, 2.45) is 5.92 Å². The van der Waals surface area contributed by atoms with Gasteiger partial charge in [0.2, 0.25) is 0 Å². The third kappa shape index (κ3) is 2.81. The van der Waals surface area contributed by atoms with E-state index < -0.39 is 29.1 Å². The number of halogens is 2. The molecule has 0 spiro atoms. The van der Waals surface area contributed by atoms with Crippen LogP contribution in [-0.4, -0.2) is 16.6 Å². The summed E-state index contributed by atoms with van der Waals surface area (Å²) in [6, 6.07) is 11.2. The first-order valence-corrected chi connectivity index (χ1v) is 7.44. The fourth-order valence-corrected chi connectivity index (χ4v) is 2.79. The number of aryl methyl sites for hydroxylation is 1. The van der Waals surface area contributed by atoms with Crippen LogP contribution in [0.2, 0.25) is 0 Å². The van der Waals surface area contributed by atoms with Crippen molar-refractivity contribution < 1.29 is 18.4 Å². The second kappa shape index (κ2) is 6.29. The number of Topliss-reactive ketones (excluding diaryl/α,β-unsaturated/α-hetero) is 2. The summed E-state index contributed by atoms with van der Waals surface area (Å²) < 4.78 is 26.4. The second-order valence-corrected chi connectivity index (χ2v) is 5.59. The molecule has 1 N–H and O–H groups in total. The van der Waals surface area contributed by atoms with Crippen LogP contribution in [0.25, 0.3) is 10.9 Å². The molecule has 1 aromatic heterocycles. The van der Waals surface area contributed by atoms with E-state index in [-0.39, 0.29) is 11.1 Å². The van der Waals surface area contributed by atoms with Gasteiger partial charge in [-0.05, 0) is 31.2 Å². The normalized spacial score (nSPS) is 11.9. The minimum absolute atomic E-state index is 0.226. The van der Waals surface area contributed by atoms with Gasteiger partial charge in [0.05, 0.1) is 6.07 Å². The number of aromatic amines is 1. The maximum Gasteiger partial charge on any atom is 0.190 e. The van der Waals surface area contributed by atoms with Crippen LogP contribution in [0, 0.1) is 35.8 Å². The van der Waals surface area contributed by atoms with Crippen LogP contribution < -0.4 is 0 Å². The summed E-state index contributed by atoms with van der Waals surface area (Å²) in [5.74, 6) is -5.49. The van der Waals surface area contributed by atoms with Crippen molar-refractivity contribution in [3.8, 4) is 6.07 Å². The number of benzene rings is 2. The monoisotopic (exact) mass is 338 g/mol. The van der Waals surface area contributed by atoms with Crippen molar-refractivity contribution in [3.05, 3.63) is 70.9 Å². The van der Waals surface area contributed by atoms with E-state index in [4.69, 9.17) is 0 Å². The number of para-hydroxylation sites is 1. The Balaban J connectivity index is 2.04. The molecule has 4 nitrogen and oxygen atoms in total. The van der Waals surface area contributed by atoms with E-state index in [1.807, 2.05) is 0 Å². The largest absolute Gasteiger partial charge is 0.358 e. The minimum atomic E-state index is -1.64. The zero-order valence-corrected chi connectivity index (χ0v) is 13.1. The lowest BCUT2D eigenvalue weighted by Crippen LogP contribution is -2.23. The number of ketones is 2. The lowest BCUT2D eigenvalue weighted by atomic mass is 9.90. The first kappa shape index (κ1) is 16.5. The molecule has 0 amide bonds. The third-order valence-electron chi connectivity index (χ3n) is 4.00. The third-order valence-corrected chi connectivity index (χ3v) is 4.00. The van der Waals surface area contributed by atoms with E-state index in [2.05, 4.69) is 4.98 Å². The van der Waals surface area contributed by atoms with Crippen LogP contribution in [0.4, 0.5) is 8.78 Å². The van der Waals surface area contributed by atoms with Gasteiger partial charge in [0.1, 0.15) is 0 Å². The smallest absolute Gasteiger partial charge is 0.190 e. The highest BCUT2D eigenvalue weighted by atomic mass is 19.2. The Morgan fingerprint density at radius 3 is 2.48 bits per heavy atom. The van der Waals surface area contributed by atoms with Crippen molar-refractivity contribution >= 4 is 22.5 Å². The number of fused-ring (bicyclic) bond motifs is 1. The Morgan fingerprint density at radius 2 is 1.80 bits per heavy atom. The highest BCUT2D eigenvalue weighted by Gasteiger charge is 2.31. The van der Waals surface area contributed by atoms with E-state index in [0.29, 0.717) is 22.7 Å². The maximum absolute atomic E-state index is 13.4. The molecule has 0 aliphatic heterocycles. The Bertz CT molecular complexity index is 1050. The van der Waals surface area contributed by atoms with E-state index in [1.54, 1.807) is 37.3 Å². The van der Waals surface area contributed by atoms with Gasteiger partial charge in [-0.3, -0.25) is 9.59 Å². The van der Waals surface area contributed by atoms with Crippen LogP contribution in [0.3, 0.4) is 0 Å². The van der Waals surface area contributed by atoms with Crippen molar-refractivity contribution in [1.82, 2.24) is 4.98 Å². The molecular weight excluding hydrogens is 326 g/mol. The molecule has 3 rings (SSSR count). The Hall–Kier alpha value is -3.33. The molecule has 25 heavy (non-hydrogen) atoms. The molecule has 1 atom stereocenters. The van der Waals surface area contributed by atoms with Gasteiger partial charge in [-0.2, -0.15) is 5.26 Å². The first-order valence-electron chi connectivity index (χ1n) is 7.44. The number of hydrogen-bond donors (Lipinski definition) is 1. The van der Waals surface area contributed by atoms with Gasteiger partial charge in [0, 0.05) is 27.7 Å². The lowest BCUT2D eigenvalue weighted by Gasteiger charge is -2.08. The predicted molar refractivity (Wildman–Crippen MR) is 87.2 cm³/mol. The van der Waals surface area contributed by atoms with Crippen LogP contribution >= 0.6 is 0 Å². The Labute approximate surface area is 141 Å². The average Bonchev–Trinajstić information content (AvgIpc) is 2.93. The molecule has 0 aliphatic carbocycles. The number of nitriles is 1. The van der Waals surface area contributed by atoms with Crippen molar-refractivity contribution in [2.75, 3.05) is 0 Å². The summed E-state index contributed by atoms with van der Waals surface area (Å²) in [7, 11) is 0. The summed E-state index contributed by atoms with van der Waals surface area (Å²) >= 11 is 0. The fourth-order valence-electron chi connectivity index (χ4n) is 2.79. The Kier molecular flexibility index (Phi) is 4.15. The number of aromatic nitrogens is 1. The molecule has 6 heteroatoms. The summed E-state index contributed by atoms with van der Waals surface area (Å²) in [5, 5.41) is 9.94. The molecule has 0 bridgehead atoms. The number of carbonyl (C=O) groups excluding carboxylic acids is 2. The molecule has 3 aromatic rings. The van der Waals surface area contributed by atoms with Crippen LogP contribution in [0.1, 0.15) is 26.4 Å². The highest BCUT2D eigenvalue weighted by Crippen LogP contribution is 2.26. The first-order chi connectivity index (χ1) is 11.9. The van der Waals surface area contributed by atoms with Gasteiger partial charge in [-0.1, -0.05) is 18.2 Å². The van der Waals surface area contributed by atoms with Crippen LogP contribution in [0.15, 0.2) is 42.5 Å². The number of carbonyl (C=O) groups is 2. The number of nitrogens with one attached hydrogen (secondary N) is 1. The van der Waals surface area contributed by atoms with Gasteiger partial charge in [0.15, 0.2) is 29.1 Å². The summed E-state index contributed by atoms with van der Waals surface area (Å²) in [6.45, 7) is 1.67. The van der Waals surface area contributed by atoms with Crippen molar-refractivity contribution in [2.45, 2.75) is 6.92 Å². The summed E-state index contributed by atoms with van der Waals surface area (Å²) in [6.07, 6.45) is 0. The molecule has 0 radical (unpaired) electrons. The zero-order valence-electron chi connectivity index (χ0n) is 13.1. The molecule has 124 valence electrons. The van der Waals surface area contributed by atoms with E-state index in [1.165, 1.54) is 0 Å². The molecule has 0 fully saturated rings. The SMILES string of the molecule is Cc1[nH]c2ccccc2c1C(=O)[C@H](C#N)C(=O)c1ccc(F)c(F)c1. The molecule has 0 unspecified atom stereocenters. The summed E-state index contributed by atoms with van der Waals surface area (Å²) in [4.78, 5) is 28.3. The quantitative estimate of drug-likeness (QED) is 0.578. The van der Waals surface area contributed by atoms with Crippen LogP contribution in [-0.2, 0) is 0 Å². The minimum Gasteiger partial charge on any atom is -0.358 e. The predicted octanol–water partition coefficient (Wildman–Crippen LogP) is 3.96. The standard InChI is InChI=1S/C19H12F2N2O2/c1-10-17(12-4-2-3-5-16(12)23-10)19(25)13(9-22)18(24)11-6-7-14(20)15(21)8-11/h2-8,13,23H,1H3/t13-/m1/s1. The van der Waals surface area contributed by atoms with Crippen molar-refractivity contribution in [3.63, 3.8) is 0 Å². The lowest BCUT2D eigenvalue weighted by molar-refractivity contribution is 0.0846. The topological polar surface area (TPSA) is 73.7 Å². The summed E-state index contributed by atoms with van der Waals surface area (Å²) in [5.41, 5.74) is 1.26. The van der Waals surface area contributed by atoms with Gasteiger partial charge in [-0.15, -0.1) is 0 Å². The van der Waals surface area contributed by atoms with Gasteiger partial charge >= 0.3 is 0 Å². The van der Waals surface area contributed by atoms with Crippen LogP contribution in [0.5, 0.6) is 0 Å². The number of hydrogen-bond acceptors (Lipinski definition) is 3. The zero-order chi connectivity index (χ0) is 18.1.